The van der Waals surface area contributed by atoms with Crippen molar-refractivity contribution in [2.75, 3.05) is 59.4 Å². The second-order valence-electron chi connectivity index (χ2n) is 6.46. The average molecular weight is 252 g/mol. The second-order valence-corrected chi connectivity index (χ2v) is 6.46. The summed E-state index contributed by atoms with van der Waals surface area (Å²) in [7, 11) is 2.22. The first-order valence-corrected chi connectivity index (χ1v) is 7.63. The molecule has 0 amide bonds. The lowest BCUT2D eigenvalue weighted by Gasteiger charge is -2.53. The fourth-order valence-corrected chi connectivity index (χ4v) is 3.54. The van der Waals surface area contributed by atoms with Gasteiger partial charge in [-0.3, -0.25) is 9.80 Å². The number of hydrogen-bond donors (Lipinski definition) is 1. The van der Waals surface area contributed by atoms with Gasteiger partial charge < -0.3 is 10.2 Å². The van der Waals surface area contributed by atoms with Gasteiger partial charge in [0.15, 0.2) is 0 Å². The topological polar surface area (TPSA) is 21.8 Å². The predicted octanol–water partition coefficient (Wildman–Crippen LogP) is -0.0840. The molecule has 1 N–H and O–H groups in total. The van der Waals surface area contributed by atoms with E-state index < -0.39 is 0 Å². The first-order valence-electron chi connectivity index (χ1n) is 7.63. The van der Waals surface area contributed by atoms with Gasteiger partial charge >= 0.3 is 0 Å². The van der Waals surface area contributed by atoms with Crippen LogP contribution in [0.4, 0.5) is 0 Å². The molecule has 3 aliphatic heterocycles. The van der Waals surface area contributed by atoms with E-state index >= 15 is 0 Å². The Bertz CT molecular complexity index is 271. The zero-order valence-corrected chi connectivity index (χ0v) is 11.9. The van der Waals surface area contributed by atoms with Crippen molar-refractivity contribution in [1.82, 2.24) is 20.0 Å². The smallest absolute Gasteiger partial charge is 0.0351 e. The van der Waals surface area contributed by atoms with Crippen LogP contribution in [0.1, 0.15) is 13.3 Å². The van der Waals surface area contributed by atoms with E-state index in [0.717, 1.165) is 18.0 Å². The molecule has 3 fully saturated rings. The third-order valence-corrected chi connectivity index (χ3v) is 5.05. The lowest BCUT2D eigenvalue weighted by molar-refractivity contribution is -0.0444. The molecule has 3 rings (SSSR count). The highest BCUT2D eigenvalue weighted by Gasteiger charge is 2.40. The van der Waals surface area contributed by atoms with Crippen molar-refractivity contribution in [3.05, 3.63) is 0 Å². The summed E-state index contributed by atoms with van der Waals surface area (Å²) in [6.07, 6.45) is 1.31. The minimum atomic E-state index is 0.838. The normalized spacial score (nSPS) is 34.0. The molecule has 3 aliphatic rings. The van der Waals surface area contributed by atoms with Crippen LogP contribution in [0.15, 0.2) is 0 Å². The minimum absolute atomic E-state index is 0.838. The van der Waals surface area contributed by atoms with Gasteiger partial charge in [0.05, 0.1) is 0 Å². The number of nitrogens with one attached hydrogen (secondary N) is 1. The number of hydrogen-bond acceptors (Lipinski definition) is 4. The third-order valence-electron chi connectivity index (χ3n) is 5.05. The Hall–Kier alpha value is -0.160. The van der Waals surface area contributed by atoms with E-state index in [1.807, 2.05) is 0 Å². The van der Waals surface area contributed by atoms with E-state index in [1.165, 1.54) is 58.8 Å². The average Bonchev–Trinajstić information content (AvgIpc) is 2.50. The fraction of sp³-hybridized carbons (Fsp3) is 1.00. The Morgan fingerprint density at radius 3 is 2.39 bits per heavy atom. The van der Waals surface area contributed by atoms with Crippen molar-refractivity contribution in [1.29, 1.82) is 0 Å². The summed E-state index contributed by atoms with van der Waals surface area (Å²) in [5.74, 6) is 0.858. The predicted molar refractivity (Wildman–Crippen MR) is 74.9 cm³/mol. The van der Waals surface area contributed by atoms with Gasteiger partial charge in [0.2, 0.25) is 0 Å². The van der Waals surface area contributed by atoms with Crippen LogP contribution in [0, 0.1) is 5.92 Å². The molecule has 0 aromatic carbocycles. The van der Waals surface area contributed by atoms with E-state index in [1.54, 1.807) is 0 Å². The summed E-state index contributed by atoms with van der Waals surface area (Å²) in [6, 6.07) is 1.70. The number of likely N-dealkylation sites (tertiary alicyclic amines) is 2. The Balaban J connectivity index is 1.45. The SMILES string of the molecule is CCC1CNCCN(C2CN(C3CN(C)C3)C2)C1. The van der Waals surface area contributed by atoms with Crippen LogP contribution in [-0.4, -0.2) is 86.2 Å². The molecule has 4 heteroatoms. The van der Waals surface area contributed by atoms with Crippen molar-refractivity contribution in [2.24, 2.45) is 5.92 Å². The first-order chi connectivity index (χ1) is 8.76. The summed E-state index contributed by atoms with van der Waals surface area (Å²) < 4.78 is 0. The first kappa shape index (κ1) is 12.9. The third kappa shape index (κ3) is 2.57. The maximum atomic E-state index is 3.58. The molecule has 104 valence electrons. The molecule has 0 saturated carbocycles. The van der Waals surface area contributed by atoms with E-state index in [-0.39, 0.29) is 0 Å². The molecule has 18 heavy (non-hydrogen) atoms. The Morgan fingerprint density at radius 2 is 1.72 bits per heavy atom. The molecule has 0 aliphatic carbocycles. The molecule has 3 saturated heterocycles. The summed E-state index contributed by atoms with van der Waals surface area (Å²) in [5, 5.41) is 3.58. The van der Waals surface area contributed by atoms with Crippen LogP contribution in [-0.2, 0) is 0 Å². The lowest BCUT2D eigenvalue weighted by atomic mass is 9.98. The highest BCUT2D eigenvalue weighted by Crippen LogP contribution is 2.24. The number of likely N-dealkylation sites (N-methyl/N-ethyl adjacent to an activating group) is 1. The number of nitrogens with zero attached hydrogens (tertiary/aromatic N) is 3. The quantitative estimate of drug-likeness (QED) is 0.758. The molecular weight excluding hydrogens is 224 g/mol. The van der Waals surface area contributed by atoms with Gasteiger partial charge in [-0.1, -0.05) is 13.3 Å². The van der Waals surface area contributed by atoms with Crippen LogP contribution >= 0.6 is 0 Å². The molecule has 0 aromatic rings. The molecular formula is C14H28N4. The van der Waals surface area contributed by atoms with Crippen molar-refractivity contribution < 1.29 is 0 Å². The highest BCUT2D eigenvalue weighted by atomic mass is 15.4. The Morgan fingerprint density at radius 1 is 1.00 bits per heavy atom. The monoisotopic (exact) mass is 252 g/mol. The second kappa shape index (κ2) is 5.45. The van der Waals surface area contributed by atoms with E-state index in [4.69, 9.17) is 0 Å². The van der Waals surface area contributed by atoms with Crippen molar-refractivity contribution >= 4 is 0 Å². The summed E-state index contributed by atoms with van der Waals surface area (Å²) >= 11 is 0. The van der Waals surface area contributed by atoms with Gasteiger partial charge in [-0.15, -0.1) is 0 Å². The summed E-state index contributed by atoms with van der Waals surface area (Å²) in [6.45, 7) is 12.5. The maximum absolute atomic E-state index is 3.58. The summed E-state index contributed by atoms with van der Waals surface area (Å²) in [4.78, 5) is 7.85. The van der Waals surface area contributed by atoms with Crippen LogP contribution in [0.3, 0.4) is 0 Å². The molecule has 0 spiro atoms. The van der Waals surface area contributed by atoms with Gasteiger partial charge in [0, 0.05) is 57.9 Å². The fourth-order valence-electron chi connectivity index (χ4n) is 3.54. The summed E-state index contributed by atoms with van der Waals surface area (Å²) in [5.41, 5.74) is 0. The van der Waals surface area contributed by atoms with Gasteiger partial charge in [0.1, 0.15) is 0 Å². The lowest BCUT2D eigenvalue weighted by Crippen LogP contribution is -2.69. The van der Waals surface area contributed by atoms with Gasteiger partial charge in [-0.05, 0) is 19.5 Å². The molecule has 1 unspecified atom stereocenters. The molecule has 4 nitrogen and oxygen atoms in total. The van der Waals surface area contributed by atoms with Crippen LogP contribution in [0.5, 0.6) is 0 Å². The largest absolute Gasteiger partial charge is 0.315 e. The van der Waals surface area contributed by atoms with Crippen molar-refractivity contribution in [2.45, 2.75) is 25.4 Å². The Labute approximate surface area is 111 Å². The van der Waals surface area contributed by atoms with Crippen molar-refractivity contribution in [3.63, 3.8) is 0 Å². The van der Waals surface area contributed by atoms with Crippen LogP contribution in [0.25, 0.3) is 0 Å². The van der Waals surface area contributed by atoms with Gasteiger partial charge in [-0.2, -0.15) is 0 Å². The standard InChI is InChI=1S/C14H28N4/c1-3-12-6-15-4-5-17(7-12)14-10-18(11-14)13-8-16(2)9-13/h12-15H,3-11H2,1-2H3. The zero-order chi connectivity index (χ0) is 12.5. The van der Waals surface area contributed by atoms with E-state index in [9.17, 15) is 0 Å². The highest BCUT2D eigenvalue weighted by molar-refractivity contribution is 4.97. The van der Waals surface area contributed by atoms with E-state index in [2.05, 4.69) is 34.0 Å². The Kier molecular flexibility index (Phi) is 3.89. The van der Waals surface area contributed by atoms with Crippen LogP contribution in [0.2, 0.25) is 0 Å². The molecule has 0 radical (unpaired) electrons. The van der Waals surface area contributed by atoms with E-state index in [0.29, 0.717) is 0 Å². The van der Waals surface area contributed by atoms with Crippen molar-refractivity contribution in [3.8, 4) is 0 Å². The zero-order valence-electron chi connectivity index (χ0n) is 11.9. The molecule has 1 atom stereocenters. The minimum Gasteiger partial charge on any atom is -0.315 e. The molecule has 0 bridgehead atoms. The molecule has 0 aromatic heterocycles. The number of rotatable bonds is 3. The molecule has 3 heterocycles. The van der Waals surface area contributed by atoms with Gasteiger partial charge in [0.25, 0.3) is 0 Å². The van der Waals surface area contributed by atoms with Gasteiger partial charge in [-0.25, -0.2) is 0 Å². The maximum Gasteiger partial charge on any atom is 0.0351 e. The van der Waals surface area contributed by atoms with Crippen LogP contribution < -0.4 is 5.32 Å².